The highest BCUT2D eigenvalue weighted by Crippen LogP contribution is 2.07. The number of carboxylic acid groups (broad SMARTS) is 1. The van der Waals surface area contributed by atoms with Crippen LogP contribution in [0, 0.1) is 0 Å². The maximum atomic E-state index is 10.5. The van der Waals surface area contributed by atoms with Crippen LogP contribution < -0.4 is 5.73 Å². The minimum atomic E-state index is -0.711. The van der Waals surface area contributed by atoms with E-state index in [1.54, 1.807) is 4.90 Å². The molecule has 1 heterocycles. The maximum absolute atomic E-state index is 10.5. The molecular weight excluding hydrogens is 270 g/mol. The fraction of sp³-hybridized carbons (Fsp3) is 0.867. The number of nitrogens with zero attached hydrogens (tertiary/aromatic N) is 2. The van der Waals surface area contributed by atoms with Crippen molar-refractivity contribution >= 4 is 12.0 Å². The lowest BCUT2D eigenvalue weighted by Gasteiger charge is -2.24. The van der Waals surface area contributed by atoms with Crippen LogP contribution in [0.15, 0.2) is 0 Å². The summed E-state index contributed by atoms with van der Waals surface area (Å²) in [5, 5.41) is 8.49. The van der Waals surface area contributed by atoms with Crippen molar-refractivity contribution in [3.8, 4) is 0 Å². The van der Waals surface area contributed by atoms with Gasteiger partial charge in [-0.2, -0.15) is 0 Å². The van der Waals surface area contributed by atoms with Gasteiger partial charge in [-0.25, -0.2) is 4.79 Å². The zero-order chi connectivity index (χ0) is 16.3. The molecule has 1 saturated heterocycles. The van der Waals surface area contributed by atoms with Gasteiger partial charge in [0.2, 0.25) is 0 Å². The first-order valence-corrected chi connectivity index (χ1v) is 7.88. The van der Waals surface area contributed by atoms with Crippen molar-refractivity contribution < 1.29 is 14.7 Å². The van der Waals surface area contributed by atoms with E-state index in [0.717, 1.165) is 38.9 Å². The Morgan fingerprint density at radius 1 is 1.19 bits per heavy atom. The first kappa shape index (κ1) is 19.7. The van der Waals surface area contributed by atoms with Crippen molar-refractivity contribution in [2.75, 3.05) is 26.2 Å². The van der Waals surface area contributed by atoms with Crippen LogP contribution in [0.2, 0.25) is 0 Å². The summed E-state index contributed by atoms with van der Waals surface area (Å²) in [6, 6.07) is 0.180. The Labute approximate surface area is 128 Å². The fourth-order valence-electron chi connectivity index (χ4n) is 2.27. The lowest BCUT2D eigenvalue weighted by Crippen LogP contribution is -2.39. The summed E-state index contributed by atoms with van der Waals surface area (Å²) in [6.07, 6.45) is 4.80. The number of carboxylic acids is 1. The Kier molecular flexibility index (Phi) is 10.7. The van der Waals surface area contributed by atoms with Crippen molar-refractivity contribution in [1.29, 1.82) is 0 Å². The molecule has 6 heteroatoms. The predicted octanol–water partition coefficient (Wildman–Crippen LogP) is 2.13. The van der Waals surface area contributed by atoms with Gasteiger partial charge in [0.15, 0.2) is 0 Å². The van der Waals surface area contributed by atoms with E-state index in [4.69, 9.17) is 10.8 Å². The van der Waals surface area contributed by atoms with Crippen LogP contribution in [0.5, 0.6) is 0 Å². The average Bonchev–Trinajstić information content (AvgIpc) is 2.44. The first-order valence-electron chi connectivity index (χ1n) is 7.88. The molecule has 0 aromatic rings. The average molecular weight is 301 g/mol. The van der Waals surface area contributed by atoms with Crippen LogP contribution in [0.1, 0.15) is 52.9 Å². The van der Waals surface area contributed by atoms with Gasteiger partial charge in [-0.3, -0.25) is 4.79 Å². The summed E-state index contributed by atoms with van der Waals surface area (Å²) in [7, 11) is 0. The van der Waals surface area contributed by atoms with E-state index in [9.17, 15) is 9.59 Å². The highest BCUT2D eigenvalue weighted by atomic mass is 16.4. The van der Waals surface area contributed by atoms with Crippen molar-refractivity contribution in [3.63, 3.8) is 0 Å². The highest BCUT2D eigenvalue weighted by molar-refractivity contribution is 5.72. The van der Waals surface area contributed by atoms with Gasteiger partial charge < -0.3 is 20.6 Å². The highest BCUT2D eigenvalue weighted by Gasteiger charge is 2.12. The predicted molar refractivity (Wildman–Crippen MR) is 84.3 cm³/mol. The molecule has 0 spiro atoms. The normalized spacial score (nSPS) is 14.8. The standard InChI is InChI=1S/C9H19NO2.C6H12N2O/c1-4-6-10(8(2)3)7-5-9(11)12;7-6(9)8-4-2-1-3-5-8/h8H,4-7H2,1-3H3,(H,11,12);1-5H2,(H2,7,9). The van der Waals surface area contributed by atoms with Gasteiger partial charge in [-0.15, -0.1) is 0 Å². The first-order chi connectivity index (χ1) is 9.88. The van der Waals surface area contributed by atoms with Gasteiger partial charge in [0.05, 0.1) is 6.42 Å². The smallest absolute Gasteiger partial charge is 0.314 e. The second-order valence-corrected chi connectivity index (χ2v) is 5.66. The molecule has 0 radical (unpaired) electrons. The largest absolute Gasteiger partial charge is 0.481 e. The van der Waals surface area contributed by atoms with E-state index in [-0.39, 0.29) is 12.5 Å². The molecule has 0 saturated carbocycles. The number of carbonyl (C=O) groups excluding carboxylic acids is 1. The number of nitrogens with two attached hydrogens (primary N) is 1. The van der Waals surface area contributed by atoms with Gasteiger partial charge in [-0.1, -0.05) is 6.92 Å². The van der Waals surface area contributed by atoms with Crippen LogP contribution in [0.4, 0.5) is 4.79 Å². The van der Waals surface area contributed by atoms with Crippen LogP contribution >= 0.6 is 0 Å². The molecule has 124 valence electrons. The van der Waals surface area contributed by atoms with E-state index in [1.807, 2.05) is 0 Å². The molecule has 1 aliphatic rings. The molecule has 6 nitrogen and oxygen atoms in total. The third-order valence-electron chi connectivity index (χ3n) is 3.52. The summed E-state index contributed by atoms with van der Waals surface area (Å²) in [5.74, 6) is -0.711. The summed E-state index contributed by atoms with van der Waals surface area (Å²) in [5.41, 5.74) is 5.05. The Morgan fingerprint density at radius 3 is 2.10 bits per heavy atom. The van der Waals surface area contributed by atoms with E-state index in [2.05, 4.69) is 25.7 Å². The van der Waals surface area contributed by atoms with Crippen LogP contribution in [0.25, 0.3) is 0 Å². The molecular formula is C15H31N3O3. The molecule has 1 rings (SSSR count). The Balaban J connectivity index is 0.000000394. The zero-order valence-corrected chi connectivity index (χ0v) is 13.7. The fourth-order valence-corrected chi connectivity index (χ4v) is 2.27. The van der Waals surface area contributed by atoms with Gasteiger partial charge >= 0.3 is 12.0 Å². The zero-order valence-electron chi connectivity index (χ0n) is 13.7. The topological polar surface area (TPSA) is 86.9 Å². The number of likely N-dealkylation sites (tertiary alicyclic amines) is 1. The van der Waals surface area contributed by atoms with Crippen molar-refractivity contribution in [1.82, 2.24) is 9.80 Å². The molecule has 3 N–H and O–H groups in total. The monoisotopic (exact) mass is 301 g/mol. The quantitative estimate of drug-likeness (QED) is 0.787. The molecule has 1 aliphatic heterocycles. The molecule has 1 fully saturated rings. The Hall–Kier alpha value is -1.30. The van der Waals surface area contributed by atoms with Crippen LogP contribution in [-0.2, 0) is 4.79 Å². The van der Waals surface area contributed by atoms with Crippen LogP contribution in [0.3, 0.4) is 0 Å². The van der Waals surface area contributed by atoms with Gasteiger partial charge in [0.25, 0.3) is 0 Å². The number of rotatable bonds is 6. The summed E-state index contributed by atoms with van der Waals surface area (Å²) in [4.78, 5) is 24.7. The number of urea groups is 1. The Morgan fingerprint density at radius 2 is 1.76 bits per heavy atom. The van der Waals surface area contributed by atoms with Gasteiger partial charge in [0, 0.05) is 25.7 Å². The second-order valence-electron chi connectivity index (χ2n) is 5.66. The summed E-state index contributed by atoms with van der Waals surface area (Å²) < 4.78 is 0. The molecule has 0 aromatic heterocycles. The number of aliphatic carboxylic acids is 1. The van der Waals surface area contributed by atoms with E-state index >= 15 is 0 Å². The molecule has 0 unspecified atom stereocenters. The number of piperidine rings is 1. The minimum absolute atomic E-state index is 0.248. The van der Waals surface area contributed by atoms with E-state index < -0.39 is 5.97 Å². The third-order valence-corrected chi connectivity index (χ3v) is 3.52. The number of hydrogen-bond donors (Lipinski definition) is 2. The number of primary amides is 1. The lowest BCUT2D eigenvalue weighted by molar-refractivity contribution is -0.137. The number of hydrogen-bond acceptors (Lipinski definition) is 3. The van der Waals surface area contributed by atoms with Crippen molar-refractivity contribution in [2.24, 2.45) is 5.73 Å². The molecule has 0 aliphatic carbocycles. The SMILES string of the molecule is CCCN(CCC(=O)O)C(C)C.NC(=O)N1CCCCC1. The number of amides is 2. The maximum Gasteiger partial charge on any atom is 0.314 e. The minimum Gasteiger partial charge on any atom is -0.481 e. The summed E-state index contributed by atoms with van der Waals surface area (Å²) in [6.45, 7) is 9.67. The second kappa shape index (κ2) is 11.4. The molecule has 2 amide bonds. The molecule has 0 aromatic carbocycles. The molecule has 21 heavy (non-hydrogen) atoms. The number of carbonyl (C=O) groups is 2. The molecule has 0 atom stereocenters. The van der Waals surface area contributed by atoms with Gasteiger partial charge in [0.1, 0.15) is 0 Å². The Bertz CT molecular complexity index is 303. The van der Waals surface area contributed by atoms with Crippen LogP contribution in [-0.4, -0.2) is 59.1 Å². The van der Waals surface area contributed by atoms with E-state index in [0.29, 0.717) is 12.6 Å². The van der Waals surface area contributed by atoms with E-state index in [1.165, 1.54) is 6.42 Å². The lowest BCUT2D eigenvalue weighted by atomic mass is 10.1. The van der Waals surface area contributed by atoms with Crippen molar-refractivity contribution in [2.45, 2.75) is 58.9 Å². The van der Waals surface area contributed by atoms with Crippen molar-refractivity contribution in [3.05, 3.63) is 0 Å². The molecule has 0 bridgehead atoms. The third kappa shape index (κ3) is 10.1. The summed E-state index contributed by atoms with van der Waals surface area (Å²) >= 11 is 0. The van der Waals surface area contributed by atoms with Gasteiger partial charge in [-0.05, 0) is 46.1 Å².